The molecule has 3 aromatic carbocycles. The zero-order valence-electron chi connectivity index (χ0n) is 19.0. The number of carbonyl (C=O) groups excluding carboxylic acids is 1. The third-order valence-corrected chi connectivity index (χ3v) is 7.22. The maximum absolute atomic E-state index is 13.1. The van der Waals surface area contributed by atoms with Crippen LogP contribution in [0, 0.1) is 5.92 Å². The molecule has 5 rings (SSSR count). The molecule has 0 saturated carbocycles. The molecule has 1 saturated heterocycles. The van der Waals surface area contributed by atoms with Gasteiger partial charge in [-0.05, 0) is 17.2 Å². The van der Waals surface area contributed by atoms with Gasteiger partial charge in [0.25, 0.3) is 5.91 Å². The number of carbonyl (C=O) groups is 2. The van der Waals surface area contributed by atoms with E-state index in [-0.39, 0.29) is 11.8 Å². The van der Waals surface area contributed by atoms with Crippen LogP contribution in [0.5, 0.6) is 0 Å². The second-order valence-electron chi connectivity index (χ2n) is 8.68. The lowest BCUT2D eigenvalue weighted by molar-refractivity contribution is -0.141. The van der Waals surface area contributed by atoms with E-state index in [9.17, 15) is 14.7 Å². The molecular formula is C28H25N3O3S. The Morgan fingerprint density at radius 2 is 1.63 bits per heavy atom. The van der Waals surface area contributed by atoms with Crippen LogP contribution in [0.2, 0.25) is 0 Å². The van der Waals surface area contributed by atoms with Gasteiger partial charge in [0.2, 0.25) is 0 Å². The highest BCUT2D eigenvalue weighted by Crippen LogP contribution is 2.37. The van der Waals surface area contributed by atoms with Gasteiger partial charge in [0.15, 0.2) is 0 Å². The minimum atomic E-state index is -0.821. The number of aromatic nitrogens is 1. The Morgan fingerprint density at radius 3 is 2.37 bits per heavy atom. The molecule has 0 aliphatic carbocycles. The lowest BCUT2D eigenvalue weighted by Crippen LogP contribution is -2.23. The van der Waals surface area contributed by atoms with Crippen LogP contribution in [0.1, 0.15) is 27.5 Å². The molecule has 0 bridgehead atoms. The van der Waals surface area contributed by atoms with Crippen molar-refractivity contribution in [3.05, 3.63) is 107 Å². The van der Waals surface area contributed by atoms with Crippen LogP contribution < -0.4 is 5.32 Å². The number of hydrogen-bond donors (Lipinski definition) is 2. The summed E-state index contributed by atoms with van der Waals surface area (Å²) in [6.07, 6.45) is 0. The third-order valence-electron chi connectivity index (χ3n) is 6.33. The van der Waals surface area contributed by atoms with Crippen LogP contribution in [0.25, 0.3) is 10.6 Å². The molecule has 1 aliphatic rings. The Kier molecular flexibility index (Phi) is 6.70. The molecule has 1 aromatic heterocycles. The largest absolute Gasteiger partial charge is 0.481 e. The van der Waals surface area contributed by atoms with Gasteiger partial charge in [-0.15, -0.1) is 11.3 Å². The summed E-state index contributed by atoms with van der Waals surface area (Å²) in [6.45, 7) is 1.76. The van der Waals surface area contributed by atoms with E-state index in [1.807, 2.05) is 72.8 Å². The summed E-state index contributed by atoms with van der Waals surface area (Å²) in [4.78, 5) is 31.9. The molecular weight excluding hydrogens is 458 g/mol. The monoisotopic (exact) mass is 483 g/mol. The Balaban J connectivity index is 1.36. The average Bonchev–Trinajstić information content (AvgIpc) is 3.54. The van der Waals surface area contributed by atoms with Gasteiger partial charge >= 0.3 is 5.97 Å². The zero-order chi connectivity index (χ0) is 24.2. The molecule has 1 amide bonds. The Bertz CT molecular complexity index is 1320. The van der Waals surface area contributed by atoms with E-state index in [1.165, 1.54) is 11.3 Å². The van der Waals surface area contributed by atoms with Gasteiger partial charge in [-0.1, -0.05) is 78.9 Å². The normalized spacial score (nSPS) is 17.8. The number of nitrogens with one attached hydrogen (secondary N) is 1. The van der Waals surface area contributed by atoms with Gasteiger partial charge in [-0.2, -0.15) is 0 Å². The van der Waals surface area contributed by atoms with Crippen LogP contribution >= 0.6 is 11.3 Å². The number of amides is 1. The maximum Gasteiger partial charge on any atom is 0.308 e. The number of rotatable bonds is 7. The van der Waals surface area contributed by atoms with E-state index in [1.54, 1.807) is 5.38 Å². The van der Waals surface area contributed by atoms with E-state index in [4.69, 9.17) is 0 Å². The highest BCUT2D eigenvalue weighted by atomic mass is 32.1. The van der Waals surface area contributed by atoms with E-state index >= 15 is 0 Å². The van der Waals surface area contributed by atoms with Crippen molar-refractivity contribution in [2.24, 2.45) is 5.92 Å². The number of para-hydroxylation sites is 1. The number of aliphatic carboxylic acids is 1. The topological polar surface area (TPSA) is 82.5 Å². The molecule has 6 nitrogen and oxygen atoms in total. The van der Waals surface area contributed by atoms with Crippen LogP contribution in [-0.4, -0.2) is 40.0 Å². The quantitative estimate of drug-likeness (QED) is 0.370. The highest BCUT2D eigenvalue weighted by molar-refractivity contribution is 7.13. The molecule has 0 unspecified atom stereocenters. The van der Waals surface area contributed by atoms with Crippen molar-refractivity contribution in [1.29, 1.82) is 0 Å². The van der Waals surface area contributed by atoms with E-state index in [0.717, 1.165) is 21.7 Å². The van der Waals surface area contributed by atoms with Crippen molar-refractivity contribution in [1.82, 2.24) is 9.88 Å². The molecule has 1 fully saturated rings. The number of hydrogen-bond acceptors (Lipinski definition) is 5. The predicted molar refractivity (Wildman–Crippen MR) is 138 cm³/mol. The van der Waals surface area contributed by atoms with E-state index < -0.39 is 11.9 Å². The number of carboxylic acid groups (broad SMARTS) is 1. The van der Waals surface area contributed by atoms with Gasteiger partial charge in [-0.25, -0.2) is 4.98 Å². The minimum Gasteiger partial charge on any atom is -0.481 e. The third kappa shape index (κ3) is 5.16. The SMILES string of the molecule is O=C(Nc1ccccc1[C@@H]1CN(Cc2ccccc2)C[C@H]1C(=O)O)c1csc(-c2ccccc2)n1. The highest BCUT2D eigenvalue weighted by Gasteiger charge is 2.39. The number of anilines is 1. The van der Waals surface area contributed by atoms with Gasteiger partial charge in [-0.3, -0.25) is 14.5 Å². The lowest BCUT2D eigenvalue weighted by Gasteiger charge is -2.19. The van der Waals surface area contributed by atoms with Crippen molar-refractivity contribution in [3.8, 4) is 10.6 Å². The molecule has 35 heavy (non-hydrogen) atoms. The van der Waals surface area contributed by atoms with Crippen molar-refractivity contribution in [2.45, 2.75) is 12.5 Å². The minimum absolute atomic E-state index is 0.233. The molecule has 176 valence electrons. The van der Waals surface area contributed by atoms with E-state index in [2.05, 4.69) is 27.3 Å². The van der Waals surface area contributed by atoms with Crippen LogP contribution in [0.3, 0.4) is 0 Å². The van der Waals surface area contributed by atoms with Crippen molar-refractivity contribution < 1.29 is 14.7 Å². The van der Waals surface area contributed by atoms with Crippen LogP contribution in [-0.2, 0) is 11.3 Å². The van der Waals surface area contributed by atoms with Gasteiger partial charge in [0.05, 0.1) is 5.92 Å². The molecule has 0 radical (unpaired) electrons. The van der Waals surface area contributed by atoms with Crippen LogP contribution in [0.4, 0.5) is 5.69 Å². The molecule has 2 atom stereocenters. The zero-order valence-corrected chi connectivity index (χ0v) is 19.8. The summed E-state index contributed by atoms with van der Waals surface area (Å²) in [5.41, 5.74) is 3.92. The van der Waals surface area contributed by atoms with Crippen LogP contribution in [0.15, 0.2) is 90.3 Å². The second kappa shape index (κ2) is 10.2. The number of nitrogens with zero attached hydrogens (tertiary/aromatic N) is 2. The van der Waals surface area contributed by atoms with Gasteiger partial charge in [0.1, 0.15) is 10.7 Å². The van der Waals surface area contributed by atoms with Crippen molar-refractivity contribution in [2.75, 3.05) is 18.4 Å². The molecule has 1 aliphatic heterocycles. The number of carboxylic acids is 1. The number of thiazole rings is 1. The van der Waals surface area contributed by atoms with Crippen molar-refractivity contribution in [3.63, 3.8) is 0 Å². The average molecular weight is 484 g/mol. The Labute approximate surface area is 207 Å². The molecule has 2 N–H and O–H groups in total. The Hall–Kier alpha value is -3.81. The molecule has 2 heterocycles. The molecule has 7 heteroatoms. The summed E-state index contributed by atoms with van der Waals surface area (Å²) >= 11 is 1.42. The summed E-state index contributed by atoms with van der Waals surface area (Å²) < 4.78 is 0. The first-order valence-corrected chi connectivity index (χ1v) is 12.4. The first-order valence-electron chi connectivity index (χ1n) is 11.5. The summed E-state index contributed by atoms with van der Waals surface area (Å²) in [7, 11) is 0. The first kappa shape index (κ1) is 23.0. The predicted octanol–water partition coefficient (Wildman–Crippen LogP) is 5.36. The molecule has 0 spiro atoms. The van der Waals surface area contributed by atoms with Gasteiger partial charge < -0.3 is 10.4 Å². The maximum atomic E-state index is 13.1. The van der Waals surface area contributed by atoms with Gasteiger partial charge in [0, 0.05) is 42.2 Å². The summed E-state index contributed by atoms with van der Waals surface area (Å²) in [6, 6.07) is 27.3. The number of benzene rings is 3. The summed E-state index contributed by atoms with van der Waals surface area (Å²) in [5.74, 6) is -1.91. The lowest BCUT2D eigenvalue weighted by atomic mass is 9.88. The van der Waals surface area contributed by atoms with E-state index in [0.29, 0.717) is 31.0 Å². The fraction of sp³-hybridized carbons (Fsp3) is 0.179. The molecule has 4 aromatic rings. The second-order valence-corrected chi connectivity index (χ2v) is 9.53. The summed E-state index contributed by atoms with van der Waals surface area (Å²) in [5, 5.41) is 15.5. The number of likely N-dealkylation sites (tertiary alicyclic amines) is 1. The smallest absolute Gasteiger partial charge is 0.308 e. The first-order chi connectivity index (χ1) is 17.1. The Morgan fingerprint density at radius 1 is 0.943 bits per heavy atom. The fourth-order valence-corrected chi connectivity index (χ4v) is 5.44. The fourth-order valence-electron chi connectivity index (χ4n) is 4.63. The van der Waals surface area contributed by atoms with Crippen molar-refractivity contribution >= 4 is 28.9 Å². The standard InChI is InChI=1S/C28H25N3O3S/c32-26(25-18-35-27(30-25)20-11-5-2-6-12-20)29-24-14-8-7-13-21(24)22-16-31(17-23(22)28(33)34)15-19-9-3-1-4-10-19/h1-14,18,22-23H,15-17H2,(H,29,32)(H,33,34)/t22-,23+/m0/s1.